The molecular formula is C20H27N7O3S. The molecule has 3 aromatic rings. The van der Waals surface area contributed by atoms with E-state index in [0.717, 1.165) is 35.7 Å². The summed E-state index contributed by atoms with van der Waals surface area (Å²) in [7, 11) is 0. The molecule has 31 heavy (non-hydrogen) atoms. The van der Waals surface area contributed by atoms with Crippen LogP contribution in [-0.4, -0.2) is 82.7 Å². The van der Waals surface area contributed by atoms with Gasteiger partial charge in [0.15, 0.2) is 11.5 Å². The lowest BCUT2D eigenvalue weighted by molar-refractivity contribution is -0.121. The Hall–Kier alpha value is -2.63. The first kappa shape index (κ1) is 21.6. The highest BCUT2D eigenvalue weighted by Gasteiger charge is 2.27. The van der Waals surface area contributed by atoms with Gasteiger partial charge in [-0.25, -0.2) is 4.98 Å². The third-order valence-corrected chi connectivity index (χ3v) is 5.37. The van der Waals surface area contributed by atoms with Gasteiger partial charge in [0, 0.05) is 31.8 Å². The number of pyridine rings is 1. The van der Waals surface area contributed by atoms with E-state index in [1.54, 1.807) is 28.2 Å². The summed E-state index contributed by atoms with van der Waals surface area (Å²) in [5.74, 6) is 1.48. The first-order valence-electron chi connectivity index (χ1n) is 10.3. The van der Waals surface area contributed by atoms with Crippen molar-refractivity contribution < 1.29 is 14.3 Å². The molecule has 0 aliphatic carbocycles. The predicted molar refractivity (Wildman–Crippen MR) is 121 cm³/mol. The van der Waals surface area contributed by atoms with Crippen LogP contribution in [-0.2, 0) is 14.3 Å². The minimum Gasteiger partial charge on any atom is -0.377 e. The van der Waals surface area contributed by atoms with Gasteiger partial charge in [0.05, 0.1) is 42.7 Å². The van der Waals surface area contributed by atoms with Crippen LogP contribution in [0.2, 0.25) is 0 Å². The summed E-state index contributed by atoms with van der Waals surface area (Å²) in [6, 6.07) is 4.02. The number of aromatic amines is 1. The number of hydrogen-bond acceptors (Lipinski definition) is 8. The largest absolute Gasteiger partial charge is 0.377 e. The van der Waals surface area contributed by atoms with E-state index in [2.05, 4.69) is 39.7 Å². The monoisotopic (exact) mass is 445 g/mol. The fourth-order valence-electron chi connectivity index (χ4n) is 3.89. The molecule has 11 heteroatoms. The molecule has 2 saturated heterocycles. The molecule has 0 saturated carbocycles. The van der Waals surface area contributed by atoms with Gasteiger partial charge in [-0.3, -0.25) is 9.89 Å². The van der Waals surface area contributed by atoms with Gasteiger partial charge in [-0.2, -0.15) is 27.5 Å². The smallest absolute Gasteiger partial charge is 0.252 e. The third-order valence-electron chi connectivity index (χ3n) is 5.37. The number of carbonyl (C=O) groups excluding carboxylic acids is 1. The van der Waals surface area contributed by atoms with E-state index in [9.17, 15) is 4.79 Å². The number of aromatic nitrogens is 5. The Morgan fingerprint density at radius 1 is 1.23 bits per heavy atom. The second kappa shape index (κ2) is 9.67. The lowest BCUT2D eigenvalue weighted by Gasteiger charge is -2.35. The van der Waals surface area contributed by atoms with Crippen molar-refractivity contribution in [2.24, 2.45) is 0 Å². The summed E-state index contributed by atoms with van der Waals surface area (Å²) in [6.07, 6.45) is 5.91. The van der Waals surface area contributed by atoms with E-state index in [4.69, 9.17) is 14.5 Å². The Balaban J connectivity index is 0.00000112. The molecule has 5 heterocycles. The molecule has 166 valence electrons. The highest BCUT2D eigenvalue weighted by molar-refractivity contribution is 7.79. The van der Waals surface area contributed by atoms with Crippen molar-refractivity contribution in [1.29, 1.82) is 0 Å². The second-order valence-corrected chi connectivity index (χ2v) is 7.30. The van der Waals surface area contributed by atoms with Crippen molar-refractivity contribution in [2.75, 3.05) is 55.6 Å². The molecule has 2 aliphatic heterocycles. The molecule has 10 nitrogen and oxygen atoms in total. The van der Waals surface area contributed by atoms with Crippen LogP contribution in [0.4, 0.5) is 11.5 Å². The maximum Gasteiger partial charge on any atom is 0.252 e. The zero-order chi connectivity index (χ0) is 21.8. The van der Waals surface area contributed by atoms with Crippen molar-refractivity contribution in [3.05, 3.63) is 24.5 Å². The molecule has 5 rings (SSSR count). The second-order valence-electron chi connectivity index (χ2n) is 7.30. The molecule has 0 bridgehead atoms. The first-order chi connectivity index (χ1) is 15.2. The highest BCUT2D eigenvalue weighted by atomic mass is 32.1. The molecule has 0 spiro atoms. The lowest BCUT2D eigenvalue weighted by Crippen LogP contribution is -2.44. The van der Waals surface area contributed by atoms with Crippen molar-refractivity contribution in [1.82, 2.24) is 25.0 Å². The zero-order valence-corrected chi connectivity index (χ0v) is 18.6. The molecule has 1 unspecified atom stereocenters. The minimum atomic E-state index is -0.0507. The maximum absolute atomic E-state index is 12.7. The Kier molecular flexibility index (Phi) is 6.73. The van der Waals surface area contributed by atoms with Crippen LogP contribution in [0.15, 0.2) is 24.5 Å². The number of fused-ring (bicyclic) bond motifs is 1. The highest BCUT2D eigenvalue weighted by Crippen LogP contribution is 2.33. The molecular weight excluding hydrogens is 418 g/mol. The Bertz CT molecular complexity index is 1020. The normalized spacial score (nSPS) is 19.8. The number of anilines is 2. The number of nitrogens with one attached hydrogen (secondary N) is 1. The Morgan fingerprint density at radius 2 is 2.10 bits per heavy atom. The maximum atomic E-state index is 12.7. The number of H-pyrrole nitrogens is 1. The average molecular weight is 446 g/mol. The van der Waals surface area contributed by atoms with Crippen molar-refractivity contribution >= 4 is 41.1 Å². The summed E-state index contributed by atoms with van der Waals surface area (Å²) < 4.78 is 12.7. The van der Waals surface area contributed by atoms with Gasteiger partial charge < -0.3 is 19.3 Å². The quantitative estimate of drug-likeness (QED) is 0.592. The molecule has 1 atom stereocenters. The number of hydrogen-bond donors (Lipinski definition) is 2. The van der Waals surface area contributed by atoms with Gasteiger partial charge in [0.2, 0.25) is 0 Å². The molecule has 0 radical (unpaired) electrons. The number of nitrogens with zero attached hydrogens (tertiary/aromatic N) is 6. The van der Waals surface area contributed by atoms with E-state index < -0.39 is 0 Å². The molecule has 2 aliphatic rings. The molecule has 1 amide bonds. The molecule has 0 aromatic carbocycles. The molecule has 3 aromatic heterocycles. The Morgan fingerprint density at radius 3 is 2.87 bits per heavy atom. The number of amides is 1. The van der Waals surface area contributed by atoms with Crippen LogP contribution in [0.1, 0.15) is 13.3 Å². The third kappa shape index (κ3) is 4.25. The summed E-state index contributed by atoms with van der Waals surface area (Å²) in [5, 5.41) is 12.3. The van der Waals surface area contributed by atoms with Gasteiger partial charge in [-0.1, -0.05) is 0 Å². The number of ether oxygens (including phenoxy) is 2. The Labute approximate surface area is 185 Å². The van der Waals surface area contributed by atoms with Gasteiger partial charge in [0.25, 0.3) is 5.91 Å². The average Bonchev–Trinajstić information content (AvgIpc) is 3.42. The van der Waals surface area contributed by atoms with Gasteiger partial charge in [-0.05, 0) is 19.6 Å². The SMILES string of the molecule is CC1COCCN1c1cc(N2CCCOCC2=O)c2cnn(-c3ccn[nH]3)c2n1.CS. The van der Waals surface area contributed by atoms with Crippen LogP contribution in [0.25, 0.3) is 16.9 Å². The first-order valence-corrected chi connectivity index (χ1v) is 11.2. The standard InChI is InChI=1S/C19H23N7O3.CH4S/c1-13-11-29-8-6-24(13)17-9-15(25-5-2-7-28-12-18(25)27)14-10-21-26(19(14)22-17)16-3-4-20-23-16;1-2/h3-4,9-10,13H,2,5-8,11-12H2,1H3,(H,20,23);2H,1H3. The minimum absolute atomic E-state index is 0.0507. The summed E-state index contributed by atoms with van der Waals surface area (Å²) in [4.78, 5) is 21.7. The van der Waals surface area contributed by atoms with Crippen LogP contribution in [0.5, 0.6) is 0 Å². The van der Waals surface area contributed by atoms with Crippen molar-refractivity contribution in [3.8, 4) is 5.82 Å². The van der Waals surface area contributed by atoms with Crippen molar-refractivity contribution in [3.63, 3.8) is 0 Å². The van der Waals surface area contributed by atoms with E-state index >= 15 is 0 Å². The van der Waals surface area contributed by atoms with Gasteiger partial charge >= 0.3 is 0 Å². The van der Waals surface area contributed by atoms with E-state index in [1.807, 2.05) is 12.1 Å². The topological polar surface area (TPSA) is 101 Å². The lowest BCUT2D eigenvalue weighted by atomic mass is 10.2. The predicted octanol–water partition coefficient (Wildman–Crippen LogP) is 1.67. The summed E-state index contributed by atoms with van der Waals surface area (Å²) >= 11 is 3.53. The van der Waals surface area contributed by atoms with Crippen LogP contribution < -0.4 is 9.80 Å². The van der Waals surface area contributed by atoms with E-state index in [0.29, 0.717) is 32.0 Å². The zero-order valence-electron chi connectivity index (χ0n) is 17.7. The number of morpholine rings is 1. The fraction of sp³-hybridized carbons (Fsp3) is 0.500. The van der Waals surface area contributed by atoms with Crippen LogP contribution in [0, 0.1) is 0 Å². The summed E-state index contributed by atoms with van der Waals surface area (Å²) in [6.45, 7) is 5.42. The number of rotatable bonds is 3. The van der Waals surface area contributed by atoms with E-state index in [-0.39, 0.29) is 18.6 Å². The summed E-state index contributed by atoms with van der Waals surface area (Å²) in [5.41, 5.74) is 1.49. The molecule has 2 fully saturated rings. The van der Waals surface area contributed by atoms with Crippen molar-refractivity contribution in [2.45, 2.75) is 19.4 Å². The van der Waals surface area contributed by atoms with Crippen LogP contribution in [0.3, 0.4) is 0 Å². The van der Waals surface area contributed by atoms with E-state index in [1.165, 1.54) is 0 Å². The van der Waals surface area contributed by atoms with Gasteiger partial charge in [0.1, 0.15) is 12.4 Å². The fourth-order valence-corrected chi connectivity index (χ4v) is 3.89. The number of carbonyl (C=O) groups is 1. The number of thiol groups is 1. The van der Waals surface area contributed by atoms with Gasteiger partial charge in [-0.15, -0.1) is 0 Å². The van der Waals surface area contributed by atoms with Crippen LogP contribution >= 0.6 is 12.6 Å². The molecule has 1 N–H and O–H groups in total.